The molecule has 2 heterocycles. The maximum atomic E-state index is 4.70. The second kappa shape index (κ2) is 4.61. The van der Waals surface area contributed by atoms with E-state index < -0.39 is 0 Å². The molecular formula is C15H15N3. The Balaban J connectivity index is 2.07. The molecule has 0 amide bonds. The van der Waals surface area contributed by atoms with Crippen molar-refractivity contribution in [3.05, 3.63) is 60.0 Å². The van der Waals surface area contributed by atoms with Crippen LogP contribution in [0.2, 0.25) is 0 Å². The molecule has 0 unspecified atom stereocenters. The molecule has 0 radical (unpaired) electrons. The molecule has 2 aromatic heterocycles. The molecule has 18 heavy (non-hydrogen) atoms. The Kier molecular flexibility index (Phi) is 2.81. The van der Waals surface area contributed by atoms with Gasteiger partial charge in [0, 0.05) is 17.8 Å². The number of fused-ring (bicyclic) bond motifs is 1. The lowest BCUT2D eigenvalue weighted by molar-refractivity contribution is 0.695. The van der Waals surface area contributed by atoms with Gasteiger partial charge in [0.1, 0.15) is 0 Å². The highest BCUT2D eigenvalue weighted by Gasteiger charge is 2.08. The highest BCUT2D eigenvalue weighted by Crippen LogP contribution is 2.19. The van der Waals surface area contributed by atoms with Crippen LogP contribution in [0, 0.1) is 0 Å². The molecule has 3 rings (SSSR count). The average molecular weight is 237 g/mol. The molecule has 1 aromatic carbocycles. The Morgan fingerprint density at radius 1 is 1.06 bits per heavy atom. The molecule has 3 heteroatoms. The number of pyridine rings is 1. The monoisotopic (exact) mass is 237 g/mol. The van der Waals surface area contributed by atoms with E-state index in [1.165, 1.54) is 22.2 Å². The van der Waals surface area contributed by atoms with Crippen LogP contribution in [0.15, 0.2) is 48.8 Å². The standard InChI is InChI=1S/C15H15N3/c1-2-14-13-5-3-4-6-15(13)18(17-14)11-12-7-9-16-10-8-12/h3-10H,2,11H2,1H3. The summed E-state index contributed by atoms with van der Waals surface area (Å²) in [7, 11) is 0. The number of benzene rings is 1. The predicted molar refractivity (Wildman–Crippen MR) is 72.5 cm³/mol. The summed E-state index contributed by atoms with van der Waals surface area (Å²) in [6.45, 7) is 2.94. The smallest absolute Gasteiger partial charge is 0.0700 e. The van der Waals surface area contributed by atoms with Gasteiger partial charge in [0.05, 0.1) is 17.8 Å². The molecule has 0 fully saturated rings. The number of hydrogen-bond acceptors (Lipinski definition) is 2. The van der Waals surface area contributed by atoms with Crippen LogP contribution in [-0.2, 0) is 13.0 Å². The van der Waals surface area contributed by atoms with Crippen molar-refractivity contribution in [1.82, 2.24) is 14.8 Å². The Bertz CT molecular complexity index is 656. The molecule has 0 spiro atoms. The van der Waals surface area contributed by atoms with E-state index in [9.17, 15) is 0 Å². The van der Waals surface area contributed by atoms with E-state index in [2.05, 4.69) is 40.9 Å². The van der Waals surface area contributed by atoms with Crippen LogP contribution >= 0.6 is 0 Å². The summed E-state index contributed by atoms with van der Waals surface area (Å²) < 4.78 is 2.07. The van der Waals surface area contributed by atoms with E-state index in [1.54, 1.807) is 0 Å². The second-order valence-corrected chi connectivity index (χ2v) is 4.33. The highest BCUT2D eigenvalue weighted by molar-refractivity contribution is 5.82. The third-order valence-corrected chi connectivity index (χ3v) is 3.15. The molecule has 0 saturated heterocycles. The van der Waals surface area contributed by atoms with Gasteiger partial charge in [-0.1, -0.05) is 25.1 Å². The number of hydrogen-bond donors (Lipinski definition) is 0. The van der Waals surface area contributed by atoms with Crippen LogP contribution in [0.3, 0.4) is 0 Å². The fourth-order valence-electron chi connectivity index (χ4n) is 2.24. The first kappa shape index (κ1) is 11.0. The van der Waals surface area contributed by atoms with E-state index in [4.69, 9.17) is 5.10 Å². The number of aromatic nitrogens is 3. The Morgan fingerprint density at radius 3 is 2.61 bits per heavy atom. The lowest BCUT2D eigenvalue weighted by Crippen LogP contribution is -2.02. The Labute approximate surface area is 106 Å². The largest absolute Gasteiger partial charge is 0.265 e. The van der Waals surface area contributed by atoms with Crippen molar-refractivity contribution in [1.29, 1.82) is 0 Å². The first-order chi connectivity index (χ1) is 8.88. The zero-order valence-corrected chi connectivity index (χ0v) is 10.4. The predicted octanol–water partition coefficient (Wildman–Crippen LogP) is 3.04. The quantitative estimate of drug-likeness (QED) is 0.701. The molecule has 0 bridgehead atoms. The van der Waals surface area contributed by atoms with E-state index in [1.807, 2.05) is 24.5 Å². The van der Waals surface area contributed by atoms with E-state index in [0.29, 0.717) is 0 Å². The number of nitrogens with zero attached hydrogens (tertiary/aromatic N) is 3. The van der Waals surface area contributed by atoms with Crippen molar-refractivity contribution in [2.24, 2.45) is 0 Å². The topological polar surface area (TPSA) is 30.7 Å². The summed E-state index contributed by atoms with van der Waals surface area (Å²) in [5.41, 5.74) is 3.59. The van der Waals surface area contributed by atoms with Gasteiger partial charge < -0.3 is 0 Å². The normalized spacial score (nSPS) is 10.9. The third-order valence-electron chi connectivity index (χ3n) is 3.15. The summed E-state index contributed by atoms with van der Waals surface area (Å²) in [5, 5.41) is 5.96. The average Bonchev–Trinajstić information content (AvgIpc) is 2.78. The first-order valence-corrected chi connectivity index (χ1v) is 6.22. The molecule has 0 aliphatic rings. The number of rotatable bonds is 3. The second-order valence-electron chi connectivity index (χ2n) is 4.33. The Morgan fingerprint density at radius 2 is 1.83 bits per heavy atom. The minimum Gasteiger partial charge on any atom is -0.265 e. The number of para-hydroxylation sites is 1. The molecule has 0 N–H and O–H groups in total. The van der Waals surface area contributed by atoms with Crippen LogP contribution < -0.4 is 0 Å². The maximum Gasteiger partial charge on any atom is 0.0700 e. The van der Waals surface area contributed by atoms with Crippen LogP contribution in [0.25, 0.3) is 10.9 Å². The highest BCUT2D eigenvalue weighted by atomic mass is 15.3. The number of aryl methyl sites for hydroxylation is 1. The minimum absolute atomic E-state index is 0.795. The van der Waals surface area contributed by atoms with E-state index in [-0.39, 0.29) is 0 Å². The first-order valence-electron chi connectivity index (χ1n) is 6.22. The molecule has 3 aromatic rings. The zero-order valence-electron chi connectivity index (χ0n) is 10.4. The summed E-state index contributed by atoms with van der Waals surface area (Å²) in [6.07, 6.45) is 4.60. The molecular weight excluding hydrogens is 222 g/mol. The molecule has 0 aliphatic carbocycles. The van der Waals surface area contributed by atoms with Gasteiger partial charge >= 0.3 is 0 Å². The maximum absolute atomic E-state index is 4.70. The van der Waals surface area contributed by atoms with Crippen molar-refractivity contribution in [3.63, 3.8) is 0 Å². The van der Waals surface area contributed by atoms with E-state index in [0.717, 1.165) is 13.0 Å². The van der Waals surface area contributed by atoms with E-state index >= 15 is 0 Å². The summed E-state index contributed by atoms with van der Waals surface area (Å²) >= 11 is 0. The fourth-order valence-corrected chi connectivity index (χ4v) is 2.24. The van der Waals surface area contributed by atoms with Gasteiger partial charge in [0.25, 0.3) is 0 Å². The molecule has 0 aliphatic heterocycles. The van der Waals surface area contributed by atoms with Crippen molar-refractivity contribution in [2.75, 3.05) is 0 Å². The molecule has 3 nitrogen and oxygen atoms in total. The minimum atomic E-state index is 0.795. The van der Waals surface area contributed by atoms with Crippen LogP contribution in [0.1, 0.15) is 18.2 Å². The summed E-state index contributed by atoms with van der Waals surface area (Å²) in [6, 6.07) is 12.5. The zero-order chi connectivity index (χ0) is 12.4. The van der Waals surface area contributed by atoms with Gasteiger partial charge in [-0.05, 0) is 30.2 Å². The molecule has 0 saturated carbocycles. The molecule has 90 valence electrons. The molecule has 0 atom stereocenters. The summed E-state index contributed by atoms with van der Waals surface area (Å²) in [5.74, 6) is 0. The fraction of sp³-hybridized carbons (Fsp3) is 0.200. The van der Waals surface area contributed by atoms with Crippen LogP contribution in [0.5, 0.6) is 0 Å². The van der Waals surface area contributed by atoms with Crippen LogP contribution in [0.4, 0.5) is 0 Å². The Hall–Kier alpha value is -2.16. The SMILES string of the molecule is CCc1nn(Cc2ccncc2)c2ccccc12. The summed E-state index contributed by atoms with van der Waals surface area (Å²) in [4.78, 5) is 4.04. The van der Waals surface area contributed by atoms with Gasteiger partial charge in [0.15, 0.2) is 0 Å². The van der Waals surface area contributed by atoms with Gasteiger partial charge in [-0.3, -0.25) is 9.67 Å². The van der Waals surface area contributed by atoms with Crippen molar-refractivity contribution in [3.8, 4) is 0 Å². The van der Waals surface area contributed by atoms with Crippen molar-refractivity contribution < 1.29 is 0 Å². The lowest BCUT2D eigenvalue weighted by Gasteiger charge is -2.03. The lowest BCUT2D eigenvalue weighted by atomic mass is 10.2. The van der Waals surface area contributed by atoms with Crippen molar-refractivity contribution >= 4 is 10.9 Å². The van der Waals surface area contributed by atoms with Gasteiger partial charge in [-0.2, -0.15) is 5.10 Å². The van der Waals surface area contributed by atoms with Crippen molar-refractivity contribution in [2.45, 2.75) is 19.9 Å². The van der Waals surface area contributed by atoms with Gasteiger partial charge in [-0.25, -0.2) is 0 Å². The van der Waals surface area contributed by atoms with Crippen LogP contribution in [-0.4, -0.2) is 14.8 Å². The van der Waals surface area contributed by atoms with Gasteiger partial charge in [0.2, 0.25) is 0 Å². The van der Waals surface area contributed by atoms with Gasteiger partial charge in [-0.15, -0.1) is 0 Å². The third kappa shape index (κ3) is 1.88.